The Morgan fingerprint density at radius 2 is 1.17 bits per heavy atom. The molecule has 6 atom stereocenters. The smallest absolute Gasteiger partial charge is 0.487 e. The van der Waals surface area contributed by atoms with Gasteiger partial charge < -0.3 is 40.5 Å². The molecule has 18 nitrogen and oxygen atoms in total. The molecule has 0 radical (unpaired) electrons. The molecule has 20 heteroatoms. The molecule has 372 valence electrons. The monoisotopic (exact) mass is 1040 g/mol. The molecule has 2 fully saturated rings. The number of hydroxylamine groups is 4. The Morgan fingerprint density at radius 3 is 1.62 bits per heavy atom. The summed E-state index contributed by atoms with van der Waals surface area (Å²) >= 11 is 3.54. The van der Waals surface area contributed by atoms with E-state index in [1.165, 1.54) is 23.3 Å². The van der Waals surface area contributed by atoms with Crippen LogP contribution in [0, 0.1) is 47.6 Å². The number of nitriles is 2. The molecule has 4 aromatic rings. The summed E-state index contributed by atoms with van der Waals surface area (Å²) in [5.74, 6) is 2.91. The number of halogens is 1. The summed E-state index contributed by atoms with van der Waals surface area (Å²) in [6.07, 6.45) is 4.81. The zero-order chi connectivity index (χ0) is 51.8. The first-order valence-electron chi connectivity index (χ1n) is 23.5. The largest absolute Gasteiger partial charge is 0.489 e. The van der Waals surface area contributed by atoms with Crippen molar-refractivity contribution < 1.29 is 38.7 Å². The molecule has 72 heavy (non-hydrogen) atoms. The summed E-state index contributed by atoms with van der Waals surface area (Å²) in [5, 5.41) is 38.6. The van der Waals surface area contributed by atoms with Crippen molar-refractivity contribution in [2.45, 2.75) is 101 Å². The van der Waals surface area contributed by atoms with Gasteiger partial charge in [-0.05, 0) is 131 Å². The van der Waals surface area contributed by atoms with Crippen LogP contribution in [-0.4, -0.2) is 89.9 Å². The summed E-state index contributed by atoms with van der Waals surface area (Å²) in [4.78, 5) is 28.5. The van der Waals surface area contributed by atoms with Crippen LogP contribution >= 0.6 is 15.9 Å². The van der Waals surface area contributed by atoms with E-state index < -0.39 is 18.6 Å². The quantitative estimate of drug-likeness (QED) is 0.115. The van der Waals surface area contributed by atoms with Gasteiger partial charge in [-0.15, -0.1) is 0 Å². The molecule has 6 N–H and O–H groups in total. The van der Waals surface area contributed by atoms with E-state index in [-0.39, 0.29) is 40.1 Å². The second-order valence-electron chi connectivity index (χ2n) is 19.9. The topological polar surface area (TPSA) is 235 Å². The predicted octanol–water partition coefficient (Wildman–Crippen LogP) is 7.42. The minimum absolute atomic E-state index is 0.0138. The molecule has 6 heterocycles. The average molecular weight is 1040 g/mol. The van der Waals surface area contributed by atoms with Crippen LogP contribution in [0.4, 0.5) is 11.4 Å². The van der Waals surface area contributed by atoms with Crippen molar-refractivity contribution in [3.8, 4) is 34.8 Å². The van der Waals surface area contributed by atoms with Crippen LogP contribution in [-0.2, 0) is 30.6 Å². The van der Waals surface area contributed by atoms with Gasteiger partial charge in [-0.2, -0.15) is 10.5 Å². The van der Waals surface area contributed by atoms with Gasteiger partial charge in [0.25, 0.3) is 0 Å². The van der Waals surface area contributed by atoms with Crippen LogP contribution < -0.4 is 26.4 Å². The van der Waals surface area contributed by atoms with Gasteiger partial charge in [0.15, 0.2) is 11.4 Å². The maximum atomic E-state index is 9.40. The molecular weight excluding hydrogens is 983 g/mol. The summed E-state index contributed by atoms with van der Waals surface area (Å²) in [5.41, 5.74) is 14.8. The van der Waals surface area contributed by atoms with Gasteiger partial charge >= 0.3 is 7.12 Å². The van der Waals surface area contributed by atoms with Crippen molar-refractivity contribution in [2.24, 2.45) is 33.3 Å². The van der Waals surface area contributed by atoms with Gasteiger partial charge in [0.1, 0.15) is 23.7 Å². The second kappa shape index (κ2) is 20.4. The van der Waals surface area contributed by atoms with Crippen LogP contribution in [0.25, 0.3) is 20.8 Å². The molecule has 6 aliphatic heterocycles. The molecular formula is C52H56BBrN10O8. The second-order valence-corrected chi connectivity index (χ2v) is 20.8. The highest BCUT2D eigenvalue weighted by atomic mass is 79.9. The maximum Gasteiger partial charge on any atom is 0.487 e. The number of nitrogens with two attached hydrogens (primary N) is 2. The molecule has 0 aromatic heterocycles. The number of hydrogen-bond acceptors (Lipinski definition) is 16. The lowest BCUT2D eigenvalue weighted by atomic mass is 9.79. The lowest BCUT2D eigenvalue weighted by Crippen LogP contribution is -2.46. The highest BCUT2D eigenvalue weighted by Crippen LogP contribution is 2.51. The van der Waals surface area contributed by atoms with E-state index in [0.717, 1.165) is 64.8 Å². The molecule has 6 aliphatic rings. The van der Waals surface area contributed by atoms with Gasteiger partial charge in [-0.3, -0.25) is 0 Å². The van der Waals surface area contributed by atoms with E-state index in [2.05, 4.69) is 59.4 Å². The molecule has 10 rings (SSSR count). The summed E-state index contributed by atoms with van der Waals surface area (Å²) in [6.45, 7) is 24.0. The van der Waals surface area contributed by atoms with Gasteiger partial charge in [-0.1, -0.05) is 28.1 Å². The van der Waals surface area contributed by atoms with E-state index >= 15 is 0 Å². The van der Waals surface area contributed by atoms with Crippen LogP contribution in [0.3, 0.4) is 0 Å². The fraction of sp³-hybridized carbons (Fsp3) is 0.423. The number of ether oxygens (including phenoxy) is 4. The number of fused-ring (bicyclic) bond motifs is 4. The van der Waals surface area contributed by atoms with Crippen molar-refractivity contribution >= 4 is 51.8 Å². The van der Waals surface area contributed by atoms with Gasteiger partial charge in [0, 0.05) is 67.6 Å². The third-order valence-electron chi connectivity index (χ3n) is 13.6. The number of rotatable bonds is 4. The van der Waals surface area contributed by atoms with E-state index in [0.29, 0.717) is 60.2 Å². The van der Waals surface area contributed by atoms with Crippen LogP contribution in [0.1, 0.15) is 88.5 Å². The highest BCUT2D eigenvalue weighted by Gasteiger charge is 2.53. The molecule has 2 spiro atoms. The lowest BCUT2D eigenvalue weighted by Gasteiger charge is -2.44. The van der Waals surface area contributed by atoms with Gasteiger partial charge in [0.05, 0.1) is 47.6 Å². The summed E-state index contributed by atoms with van der Waals surface area (Å²) in [7, 11) is 1.89. The maximum absolute atomic E-state index is 9.40. The number of guanidine groups is 2. The zero-order valence-electron chi connectivity index (χ0n) is 40.9. The first-order chi connectivity index (χ1) is 34.2. The minimum atomic E-state index is -1.64. The highest BCUT2D eigenvalue weighted by molar-refractivity contribution is 9.10. The van der Waals surface area contributed by atoms with Crippen LogP contribution in [0.2, 0.25) is 0 Å². The number of benzene rings is 4. The van der Waals surface area contributed by atoms with Crippen molar-refractivity contribution in [1.82, 2.24) is 10.1 Å². The fourth-order valence-electron chi connectivity index (χ4n) is 10.2. The Labute approximate surface area is 428 Å². The molecule has 0 bridgehead atoms. The Kier molecular flexibility index (Phi) is 14.6. The van der Waals surface area contributed by atoms with E-state index in [1.54, 1.807) is 37.4 Å². The Bertz CT molecular complexity index is 2920. The van der Waals surface area contributed by atoms with Crippen molar-refractivity contribution in [3.05, 3.63) is 122 Å². The molecule has 2 saturated heterocycles. The predicted molar refractivity (Wildman–Crippen MR) is 272 cm³/mol. The average Bonchev–Trinajstić information content (AvgIpc) is 3.81. The first kappa shape index (κ1) is 51.6. The molecule has 4 aromatic carbocycles. The standard InChI is InChI=1S/C26H27N5O3.C18H24BrN3O3.C8H5BN2O2/c1-25(2)13-18(7-8-32-25)23-14-26(30-24(28)31(4)34-26)21-12-17(5-6-22(21)33-23)19-9-16(15-27)10-20(11-19)29-3;1-17(2)9-11(6-7-23-17)15-10-18(21-16(20)22(3)25-18)13-8-12(19)4-5-14(13)24-15;1-11-8-3-6(5-10)2-7(4-8)9(12)13/h5-6,9-12,18,23H,7-8,13-14H2,1-2,4H3,(H2,28,30);4-5,8,11,15H,6-7,9-10H2,1-3H3,(H2,20,21);2-4,12-13H. The lowest BCUT2D eigenvalue weighted by molar-refractivity contribution is -0.199. The van der Waals surface area contributed by atoms with Crippen LogP contribution in [0.15, 0.2) is 87.3 Å². The normalized spacial score (nSPS) is 26.2. The Balaban J connectivity index is 0.000000159. The number of hydrogen-bond donors (Lipinski definition) is 4. The fourth-order valence-corrected chi connectivity index (χ4v) is 10.6. The van der Waals surface area contributed by atoms with Gasteiger partial charge in [-0.25, -0.2) is 39.5 Å². The van der Waals surface area contributed by atoms with Gasteiger partial charge in [0.2, 0.25) is 23.4 Å². The van der Waals surface area contributed by atoms with Crippen molar-refractivity contribution in [1.29, 1.82) is 10.5 Å². The summed E-state index contributed by atoms with van der Waals surface area (Å²) in [6, 6.07) is 25.0. The number of aliphatic imine (C=N–C) groups is 2. The minimum Gasteiger partial charge on any atom is -0.489 e. The van der Waals surface area contributed by atoms with Crippen molar-refractivity contribution in [2.75, 3.05) is 27.3 Å². The van der Waals surface area contributed by atoms with Crippen LogP contribution in [0.5, 0.6) is 11.5 Å². The summed E-state index contributed by atoms with van der Waals surface area (Å²) < 4.78 is 25.7. The third-order valence-corrected chi connectivity index (χ3v) is 14.1. The number of nitrogens with zero attached hydrogens (tertiary/aromatic N) is 8. The van der Waals surface area contributed by atoms with E-state index in [4.69, 9.17) is 78.5 Å². The first-order valence-corrected chi connectivity index (χ1v) is 24.3. The Morgan fingerprint density at radius 1 is 0.681 bits per heavy atom. The van der Waals surface area contributed by atoms with E-state index in [9.17, 15) is 5.26 Å². The molecule has 0 amide bonds. The molecule has 0 aliphatic carbocycles. The third kappa shape index (κ3) is 11.0. The zero-order valence-corrected chi connectivity index (χ0v) is 42.5. The SMILES string of the molecule is CN1OC2(CC(C3CCOC(C)(C)C3)Oc3ccc(Br)cc32)N=C1N.[C-]#[N+]c1cc(C#N)cc(-c2ccc3c(c2)C2(CC(C4CCOC(C)(C)C4)O3)N=C(N)N(C)O2)c1.[C-]#[N+]c1cc(C#N)cc(B(O)O)c1. The molecule has 0 saturated carbocycles. The Hall–Kier alpha value is -6.72. The molecule has 6 unspecified atom stereocenters. The van der Waals surface area contributed by atoms with Crippen molar-refractivity contribution in [3.63, 3.8) is 0 Å². The van der Waals surface area contributed by atoms with E-state index in [1.807, 2.05) is 42.5 Å².